The molecule has 4 nitrogen and oxygen atoms in total. The molecule has 0 radical (unpaired) electrons. The third kappa shape index (κ3) is 3.56. The van der Waals surface area contributed by atoms with Gasteiger partial charge in [-0.1, -0.05) is 61.2 Å². The van der Waals surface area contributed by atoms with E-state index in [1.54, 1.807) is 18.2 Å². The van der Waals surface area contributed by atoms with Crippen molar-refractivity contribution in [2.45, 2.75) is 38.0 Å². The Labute approximate surface area is 157 Å². The number of aromatic hydroxyl groups is 1. The summed E-state index contributed by atoms with van der Waals surface area (Å²) in [5, 5.41) is 10.8. The number of aromatic nitrogens is 3. The molecule has 1 saturated carbocycles. The maximum Gasteiger partial charge on any atom is 0.167 e. The van der Waals surface area contributed by atoms with Gasteiger partial charge in [-0.2, -0.15) is 0 Å². The predicted molar refractivity (Wildman–Crippen MR) is 103 cm³/mol. The number of phenols is 1. The quantitative estimate of drug-likeness (QED) is 0.655. The fourth-order valence-electron chi connectivity index (χ4n) is 3.46. The third-order valence-electron chi connectivity index (χ3n) is 4.85. The van der Waals surface area contributed by atoms with Crippen molar-refractivity contribution in [1.82, 2.24) is 15.0 Å². The average molecular weight is 366 g/mol. The first-order valence-corrected chi connectivity index (χ1v) is 9.39. The summed E-state index contributed by atoms with van der Waals surface area (Å²) in [5.41, 5.74) is 1.48. The van der Waals surface area contributed by atoms with Crippen LogP contribution in [-0.2, 0) is 0 Å². The molecule has 132 valence electrons. The van der Waals surface area contributed by atoms with E-state index >= 15 is 0 Å². The molecule has 1 aromatic heterocycles. The molecule has 0 spiro atoms. The van der Waals surface area contributed by atoms with Gasteiger partial charge in [0.1, 0.15) is 11.6 Å². The van der Waals surface area contributed by atoms with Crippen molar-refractivity contribution in [2.24, 2.45) is 0 Å². The summed E-state index contributed by atoms with van der Waals surface area (Å²) in [6.07, 6.45) is 5.87. The van der Waals surface area contributed by atoms with Crippen molar-refractivity contribution in [3.05, 3.63) is 59.4 Å². The van der Waals surface area contributed by atoms with E-state index in [0.717, 1.165) is 24.2 Å². The van der Waals surface area contributed by atoms with E-state index in [2.05, 4.69) is 4.98 Å². The second-order valence-electron chi connectivity index (χ2n) is 6.70. The first-order valence-electron chi connectivity index (χ1n) is 9.01. The molecule has 0 amide bonds. The Morgan fingerprint density at radius 3 is 2.35 bits per heavy atom. The van der Waals surface area contributed by atoms with Gasteiger partial charge >= 0.3 is 0 Å². The molecule has 4 rings (SSSR count). The minimum absolute atomic E-state index is 0.120. The molecule has 1 aliphatic carbocycles. The normalized spacial score (nSPS) is 15.1. The highest BCUT2D eigenvalue weighted by Crippen LogP contribution is 2.34. The molecular weight excluding hydrogens is 346 g/mol. The molecule has 1 aliphatic rings. The lowest BCUT2D eigenvalue weighted by Crippen LogP contribution is -2.11. The van der Waals surface area contributed by atoms with E-state index in [1.807, 2.05) is 30.3 Å². The molecular formula is C21H20ClN3O. The van der Waals surface area contributed by atoms with Crippen LogP contribution < -0.4 is 0 Å². The number of halogens is 1. The van der Waals surface area contributed by atoms with Gasteiger partial charge in [0, 0.05) is 16.5 Å². The Morgan fingerprint density at radius 2 is 1.58 bits per heavy atom. The lowest BCUT2D eigenvalue weighted by molar-refractivity contribution is 0.428. The zero-order valence-electron chi connectivity index (χ0n) is 14.4. The van der Waals surface area contributed by atoms with Gasteiger partial charge in [0.15, 0.2) is 11.6 Å². The van der Waals surface area contributed by atoms with E-state index in [1.165, 1.54) is 19.3 Å². The summed E-state index contributed by atoms with van der Waals surface area (Å²) in [5.74, 6) is 2.38. The molecule has 0 unspecified atom stereocenters. The molecule has 1 N–H and O–H groups in total. The van der Waals surface area contributed by atoms with Crippen LogP contribution in [0.25, 0.3) is 22.8 Å². The van der Waals surface area contributed by atoms with Crippen LogP contribution in [0.15, 0.2) is 48.5 Å². The van der Waals surface area contributed by atoms with Crippen LogP contribution in [0.2, 0.25) is 5.02 Å². The summed E-state index contributed by atoms with van der Waals surface area (Å²) in [7, 11) is 0. The fraction of sp³-hybridized carbons (Fsp3) is 0.286. The van der Waals surface area contributed by atoms with Crippen molar-refractivity contribution in [2.75, 3.05) is 0 Å². The van der Waals surface area contributed by atoms with Crippen LogP contribution in [0.5, 0.6) is 5.75 Å². The van der Waals surface area contributed by atoms with E-state index in [4.69, 9.17) is 21.6 Å². The van der Waals surface area contributed by atoms with Crippen LogP contribution in [0, 0.1) is 0 Å². The first-order chi connectivity index (χ1) is 12.7. The van der Waals surface area contributed by atoms with Gasteiger partial charge < -0.3 is 5.11 Å². The summed E-state index contributed by atoms with van der Waals surface area (Å²) >= 11 is 6.13. The van der Waals surface area contributed by atoms with Crippen LogP contribution in [0.3, 0.4) is 0 Å². The number of hydrogen-bond acceptors (Lipinski definition) is 4. The van der Waals surface area contributed by atoms with Gasteiger partial charge in [-0.25, -0.2) is 15.0 Å². The maximum atomic E-state index is 10.3. The van der Waals surface area contributed by atoms with Crippen molar-refractivity contribution in [3.63, 3.8) is 0 Å². The summed E-state index contributed by atoms with van der Waals surface area (Å²) in [6, 6.07) is 14.8. The Hall–Kier alpha value is -2.46. The van der Waals surface area contributed by atoms with E-state index in [-0.39, 0.29) is 5.75 Å². The zero-order valence-corrected chi connectivity index (χ0v) is 15.2. The Bertz CT molecular complexity index is 908. The lowest BCUT2D eigenvalue weighted by Gasteiger charge is -2.21. The lowest BCUT2D eigenvalue weighted by atomic mass is 9.88. The van der Waals surface area contributed by atoms with Crippen LogP contribution in [-0.4, -0.2) is 20.1 Å². The molecule has 5 heteroatoms. The number of nitrogens with zero attached hydrogens (tertiary/aromatic N) is 3. The summed E-state index contributed by atoms with van der Waals surface area (Å²) < 4.78 is 0. The highest BCUT2D eigenvalue weighted by molar-refractivity contribution is 6.30. The number of benzene rings is 2. The Kier molecular flexibility index (Phi) is 4.85. The maximum absolute atomic E-state index is 10.3. The highest BCUT2D eigenvalue weighted by Gasteiger charge is 2.21. The van der Waals surface area contributed by atoms with Crippen molar-refractivity contribution in [1.29, 1.82) is 0 Å². The zero-order chi connectivity index (χ0) is 17.9. The van der Waals surface area contributed by atoms with Crippen molar-refractivity contribution in [3.8, 4) is 28.5 Å². The minimum atomic E-state index is 0.120. The standard InChI is InChI=1S/C21H20ClN3O/c22-16-11-12-18(26)17(13-16)21-24-19(14-7-3-1-4-8-14)23-20(25-21)15-9-5-2-6-10-15/h1,3-4,7-8,11-13,15,26H,2,5-6,9-10H2. The van der Waals surface area contributed by atoms with E-state index in [0.29, 0.717) is 28.2 Å². The second kappa shape index (κ2) is 7.42. The summed E-state index contributed by atoms with van der Waals surface area (Å²) in [6.45, 7) is 0. The van der Waals surface area contributed by atoms with Gasteiger partial charge in [-0.05, 0) is 31.0 Å². The van der Waals surface area contributed by atoms with Gasteiger partial charge in [0.25, 0.3) is 0 Å². The van der Waals surface area contributed by atoms with Crippen LogP contribution >= 0.6 is 11.6 Å². The molecule has 2 aromatic carbocycles. The minimum Gasteiger partial charge on any atom is -0.507 e. The predicted octanol–water partition coefficient (Wildman–Crippen LogP) is 5.61. The largest absolute Gasteiger partial charge is 0.507 e. The van der Waals surface area contributed by atoms with Gasteiger partial charge in [-0.3, -0.25) is 0 Å². The molecule has 0 saturated heterocycles. The molecule has 1 heterocycles. The van der Waals surface area contributed by atoms with E-state index in [9.17, 15) is 5.11 Å². The molecule has 0 aliphatic heterocycles. The Balaban J connectivity index is 1.86. The molecule has 0 atom stereocenters. The number of phenolic OH excluding ortho intramolecular Hbond substituents is 1. The third-order valence-corrected chi connectivity index (χ3v) is 5.09. The van der Waals surface area contributed by atoms with Crippen molar-refractivity contribution >= 4 is 11.6 Å². The topological polar surface area (TPSA) is 58.9 Å². The average Bonchev–Trinajstić information content (AvgIpc) is 2.71. The monoisotopic (exact) mass is 365 g/mol. The molecule has 3 aromatic rings. The SMILES string of the molecule is Oc1ccc(Cl)cc1-c1nc(-c2ccccc2)nc(C2CCCCC2)n1. The number of hydrogen-bond donors (Lipinski definition) is 1. The fourth-order valence-corrected chi connectivity index (χ4v) is 3.63. The first kappa shape index (κ1) is 17.0. The summed E-state index contributed by atoms with van der Waals surface area (Å²) in [4.78, 5) is 14.1. The van der Waals surface area contributed by atoms with E-state index < -0.39 is 0 Å². The molecule has 0 bridgehead atoms. The van der Waals surface area contributed by atoms with Crippen LogP contribution in [0.4, 0.5) is 0 Å². The molecule has 26 heavy (non-hydrogen) atoms. The van der Waals surface area contributed by atoms with Gasteiger partial charge in [0.2, 0.25) is 0 Å². The highest BCUT2D eigenvalue weighted by atomic mass is 35.5. The van der Waals surface area contributed by atoms with Crippen molar-refractivity contribution < 1.29 is 5.11 Å². The smallest absolute Gasteiger partial charge is 0.167 e. The molecule has 1 fully saturated rings. The van der Waals surface area contributed by atoms with Gasteiger partial charge in [-0.15, -0.1) is 0 Å². The van der Waals surface area contributed by atoms with Crippen LogP contribution in [0.1, 0.15) is 43.8 Å². The van der Waals surface area contributed by atoms with Gasteiger partial charge in [0.05, 0.1) is 5.56 Å². The second-order valence-corrected chi connectivity index (χ2v) is 7.14. The Morgan fingerprint density at radius 1 is 0.846 bits per heavy atom. The number of rotatable bonds is 3.